The molecule has 29 heavy (non-hydrogen) atoms. The van der Waals surface area contributed by atoms with E-state index < -0.39 is 11.8 Å². The highest BCUT2D eigenvalue weighted by atomic mass is 16.2. The Bertz CT molecular complexity index is 998. The molecule has 0 spiro atoms. The van der Waals surface area contributed by atoms with Gasteiger partial charge in [-0.1, -0.05) is 24.6 Å². The number of aromatic amines is 1. The highest BCUT2D eigenvalue weighted by Crippen LogP contribution is 2.31. The highest BCUT2D eigenvalue weighted by molar-refractivity contribution is 6.04. The Morgan fingerprint density at radius 3 is 2.72 bits per heavy atom. The van der Waals surface area contributed by atoms with Gasteiger partial charge in [-0.2, -0.15) is 4.98 Å². The predicted molar refractivity (Wildman–Crippen MR) is 111 cm³/mol. The molecule has 3 heterocycles. The maximum Gasteiger partial charge on any atom is 0.258 e. The smallest absolute Gasteiger partial charge is 0.258 e. The van der Waals surface area contributed by atoms with Gasteiger partial charge in [0.2, 0.25) is 17.8 Å². The topological polar surface area (TPSA) is 107 Å². The quantitative estimate of drug-likeness (QED) is 0.740. The Balaban J connectivity index is 1.63. The number of nitrogens with zero attached hydrogens (tertiary/aromatic N) is 2. The maximum absolute atomic E-state index is 12.9. The van der Waals surface area contributed by atoms with E-state index in [1.807, 2.05) is 24.0 Å². The Morgan fingerprint density at radius 2 is 2.00 bits per heavy atom. The lowest BCUT2D eigenvalue weighted by Gasteiger charge is -2.32. The first kappa shape index (κ1) is 19.2. The molecule has 8 nitrogen and oxygen atoms in total. The van der Waals surface area contributed by atoms with Crippen molar-refractivity contribution in [3.63, 3.8) is 0 Å². The van der Waals surface area contributed by atoms with Crippen LogP contribution in [0.2, 0.25) is 0 Å². The summed E-state index contributed by atoms with van der Waals surface area (Å²) < 4.78 is 0. The summed E-state index contributed by atoms with van der Waals surface area (Å²) in [6.45, 7) is 5.72. The van der Waals surface area contributed by atoms with Crippen LogP contribution in [0.3, 0.4) is 0 Å². The number of carbonyl (C=O) groups excluding carboxylic acids is 2. The lowest BCUT2D eigenvalue weighted by molar-refractivity contribution is -0.123. The normalized spacial score (nSPS) is 21.3. The van der Waals surface area contributed by atoms with E-state index in [2.05, 4.69) is 27.5 Å². The van der Waals surface area contributed by atoms with Crippen LogP contribution in [0.1, 0.15) is 43.2 Å². The molecule has 1 aromatic heterocycles. The van der Waals surface area contributed by atoms with Gasteiger partial charge in [0.05, 0.1) is 11.5 Å². The van der Waals surface area contributed by atoms with Crippen molar-refractivity contribution >= 4 is 29.3 Å². The molecule has 1 saturated heterocycles. The first-order chi connectivity index (χ1) is 13.9. The van der Waals surface area contributed by atoms with Crippen molar-refractivity contribution in [2.75, 3.05) is 28.6 Å². The maximum atomic E-state index is 12.9. The standard InChI is InChI=1S/C21H25N5O3/c1-12-5-7-14(8-6-12)22-19(28)15-10-16(27)23-18-17(15)20(29)25-21(24-18)26-9-3-4-13(2)11-26/h5-8,13,15H,3-4,9-11H2,1-2H3,(H,22,28)(H2,23,24,25,27,29). The summed E-state index contributed by atoms with van der Waals surface area (Å²) in [6.07, 6.45) is 2.08. The number of benzene rings is 1. The van der Waals surface area contributed by atoms with Crippen LogP contribution in [0.15, 0.2) is 29.1 Å². The van der Waals surface area contributed by atoms with Gasteiger partial charge in [0, 0.05) is 25.2 Å². The van der Waals surface area contributed by atoms with Crippen molar-refractivity contribution in [1.82, 2.24) is 9.97 Å². The fourth-order valence-corrected chi connectivity index (χ4v) is 3.98. The fraction of sp³-hybridized carbons (Fsp3) is 0.429. The van der Waals surface area contributed by atoms with Gasteiger partial charge in [0.25, 0.3) is 5.56 Å². The van der Waals surface area contributed by atoms with E-state index in [1.54, 1.807) is 12.1 Å². The number of aryl methyl sites for hydroxylation is 1. The van der Waals surface area contributed by atoms with E-state index in [-0.39, 0.29) is 29.3 Å². The van der Waals surface area contributed by atoms with Crippen molar-refractivity contribution in [2.45, 2.75) is 39.0 Å². The Morgan fingerprint density at radius 1 is 1.24 bits per heavy atom. The Labute approximate surface area is 168 Å². The van der Waals surface area contributed by atoms with Gasteiger partial charge in [0.15, 0.2) is 0 Å². The molecule has 0 bridgehead atoms. The first-order valence-electron chi connectivity index (χ1n) is 9.97. The van der Waals surface area contributed by atoms with Gasteiger partial charge >= 0.3 is 0 Å². The first-order valence-corrected chi connectivity index (χ1v) is 9.97. The molecule has 2 amide bonds. The van der Waals surface area contributed by atoms with Gasteiger partial charge in [-0.3, -0.25) is 19.4 Å². The second kappa shape index (κ2) is 7.69. The summed E-state index contributed by atoms with van der Waals surface area (Å²) >= 11 is 0. The number of fused-ring (bicyclic) bond motifs is 1. The molecule has 152 valence electrons. The molecule has 1 fully saturated rings. The summed E-state index contributed by atoms with van der Waals surface area (Å²) in [4.78, 5) is 47.3. The van der Waals surface area contributed by atoms with Crippen molar-refractivity contribution < 1.29 is 9.59 Å². The number of rotatable bonds is 3. The molecule has 0 radical (unpaired) electrons. The van der Waals surface area contributed by atoms with Crippen LogP contribution in [0.4, 0.5) is 17.5 Å². The molecule has 4 rings (SSSR count). The molecular formula is C21H25N5O3. The molecule has 2 aliphatic rings. The Kier molecular flexibility index (Phi) is 5.08. The molecule has 1 aromatic carbocycles. The molecule has 2 atom stereocenters. The van der Waals surface area contributed by atoms with Gasteiger partial charge in [-0.05, 0) is 37.8 Å². The number of piperidine rings is 1. The average molecular weight is 395 g/mol. The van der Waals surface area contributed by atoms with Gasteiger partial charge in [0.1, 0.15) is 5.82 Å². The molecule has 0 saturated carbocycles. The van der Waals surface area contributed by atoms with Crippen molar-refractivity contribution in [2.24, 2.45) is 5.92 Å². The number of hydrogen-bond donors (Lipinski definition) is 3. The minimum Gasteiger partial charge on any atom is -0.342 e. The molecule has 8 heteroatoms. The molecule has 0 aliphatic carbocycles. The number of H-pyrrole nitrogens is 1. The van der Waals surface area contributed by atoms with Gasteiger partial charge < -0.3 is 15.5 Å². The largest absolute Gasteiger partial charge is 0.342 e. The van der Waals surface area contributed by atoms with Crippen LogP contribution in [0.25, 0.3) is 0 Å². The van der Waals surface area contributed by atoms with E-state index in [0.717, 1.165) is 31.5 Å². The zero-order valence-electron chi connectivity index (χ0n) is 16.6. The van der Waals surface area contributed by atoms with Crippen LogP contribution in [0.5, 0.6) is 0 Å². The van der Waals surface area contributed by atoms with E-state index in [4.69, 9.17) is 0 Å². The van der Waals surface area contributed by atoms with Crippen LogP contribution >= 0.6 is 0 Å². The van der Waals surface area contributed by atoms with E-state index in [1.165, 1.54) is 0 Å². The second-order valence-electron chi connectivity index (χ2n) is 8.01. The number of hydrogen-bond acceptors (Lipinski definition) is 5. The molecule has 2 unspecified atom stereocenters. The van der Waals surface area contributed by atoms with Crippen LogP contribution < -0.4 is 21.1 Å². The lowest BCUT2D eigenvalue weighted by Crippen LogP contribution is -2.40. The monoisotopic (exact) mass is 395 g/mol. The minimum absolute atomic E-state index is 0.0877. The molecule has 2 aromatic rings. The summed E-state index contributed by atoms with van der Waals surface area (Å²) in [5.41, 5.74) is 1.53. The molecule has 2 aliphatic heterocycles. The third-order valence-corrected chi connectivity index (χ3v) is 5.53. The van der Waals surface area contributed by atoms with Crippen molar-refractivity contribution in [1.29, 1.82) is 0 Å². The van der Waals surface area contributed by atoms with E-state index in [9.17, 15) is 14.4 Å². The van der Waals surface area contributed by atoms with Crippen LogP contribution in [0, 0.1) is 12.8 Å². The average Bonchev–Trinajstić information content (AvgIpc) is 2.68. The van der Waals surface area contributed by atoms with Crippen LogP contribution in [-0.2, 0) is 9.59 Å². The zero-order chi connectivity index (χ0) is 20.5. The highest BCUT2D eigenvalue weighted by Gasteiger charge is 2.35. The van der Waals surface area contributed by atoms with Gasteiger partial charge in [-0.25, -0.2) is 0 Å². The Hall–Kier alpha value is -3.16. The summed E-state index contributed by atoms with van der Waals surface area (Å²) in [5.74, 6) is -0.463. The van der Waals surface area contributed by atoms with Crippen molar-refractivity contribution in [3.05, 3.63) is 45.7 Å². The summed E-state index contributed by atoms with van der Waals surface area (Å²) in [5, 5.41) is 5.47. The van der Waals surface area contributed by atoms with E-state index in [0.29, 0.717) is 17.6 Å². The van der Waals surface area contributed by atoms with Crippen LogP contribution in [-0.4, -0.2) is 34.9 Å². The minimum atomic E-state index is -0.884. The fourth-order valence-electron chi connectivity index (χ4n) is 3.98. The lowest BCUT2D eigenvalue weighted by atomic mass is 9.92. The number of nitrogens with one attached hydrogen (secondary N) is 3. The summed E-state index contributed by atoms with van der Waals surface area (Å²) in [7, 11) is 0. The molecular weight excluding hydrogens is 370 g/mol. The number of amides is 2. The number of aromatic nitrogens is 2. The van der Waals surface area contributed by atoms with E-state index >= 15 is 0 Å². The van der Waals surface area contributed by atoms with Gasteiger partial charge in [-0.15, -0.1) is 0 Å². The molecule has 3 N–H and O–H groups in total. The predicted octanol–water partition coefficient (Wildman–Crippen LogP) is 2.38. The second-order valence-corrected chi connectivity index (χ2v) is 8.01. The third-order valence-electron chi connectivity index (χ3n) is 5.53. The SMILES string of the molecule is Cc1ccc(NC(=O)C2CC(=O)Nc3nc(N4CCCC(C)C4)[nH]c(=O)c32)cc1. The third kappa shape index (κ3) is 4.01. The zero-order valence-corrected chi connectivity index (χ0v) is 16.6. The summed E-state index contributed by atoms with van der Waals surface area (Å²) in [6, 6.07) is 7.36. The number of carbonyl (C=O) groups is 2. The van der Waals surface area contributed by atoms with Crippen molar-refractivity contribution in [3.8, 4) is 0 Å². The number of anilines is 3.